The molecule has 0 atom stereocenters. The number of ether oxygens (including phenoxy) is 1. The molecule has 4 nitrogen and oxygen atoms in total. The first-order valence-electron chi connectivity index (χ1n) is 5.44. The first-order valence-corrected chi connectivity index (χ1v) is 5.44. The van der Waals surface area contributed by atoms with E-state index in [1.54, 1.807) is 32.3 Å². The monoisotopic (exact) mass is 258 g/mol. The maximum absolute atomic E-state index is 12.2. The molecular formula is C12H16F2N2O2. The van der Waals surface area contributed by atoms with Crippen molar-refractivity contribution in [3.05, 3.63) is 29.8 Å². The van der Waals surface area contributed by atoms with Gasteiger partial charge in [0.2, 0.25) is 5.91 Å². The third-order valence-electron chi connectivity index (χ3n) is 2.28. The third kappa shape index (κ3) is 4.67. The number of amides is 1. The Balaban J connectivity index is 2.54. The van der Waals surface area contributed by atoms with Crippen molar-refractivity contribution >= 4 is 5.91 Å². The van der Waals surface area contributed by atoms with E-state index >= 15 is 0 Å². The summed E-state index contributed by atoms with van der Waals surface area (Å²) in [5.41, 5.74) is 0.587. The second kappa shape index (κ2) is 6.90. The Kier molecular flexibility index (Phi) is 5.51. The minimum Gasteiger partial charge on any atom is -0.434 e. The number of para-hydroxylation sites is 1. The van der Waals surface area contributed by atoms with Crippen LogP contribution in [0.1, 0.15) is 5.56 Å². The van der Waals surface area contributed by atoms with Crippen LogP contribution >= 0.6 is 0 Å². The Labute approximate surface area is 105 Å². The maximum Gasteiger partial charge on any atom is 0.387 e. The average Bonchev–Trinajstić information content (AvgIpc) is 2.30. The van der Waals surface area contributed by atoms with E-state index in [9.17, 15) is 13.6 Å². The number of nitrogens with zero attached hydrogens (tertiary/aromatic N) is 1. The number of alkyl halides is 2. The van der Waals surface area contributed by atoms with E-state index in [1.807, 2.05) is 0 Å². The molecule has 0 unspecified atom stereocenters. The Morgan fingerprint density at radius 2 is 2.06 bits per heavy atom. The number of hydrogen-bond acceptors (Lipinski definition) is 3. The molecule has 0 saturated carbocycles. The van der Waals surface area contributed by atoms with Crippen molar-refractivity contribution in [1.29, 1.82) is 0 Å². The van der Waals surface area contributed by atoms with Crippen LogP contribution in [0, 0.1) is 0 Å². The summed E-state index contributed by atoms with van der Waals surface area (Å²) >= 11 is 0. The van der Waals surface area contributed by atoms with Crippen molar-refractivity contribution in [2.24, 2.45) is 0 Å². The van der Waals surface area contributed by atoms with E-state index < -0.39 is 6.61 Å². The summed E-state index contributed by atoms with van der Waals surface area (Å²) in [4.78, 5) is 12.8. The van der Waals surface area contributed by atoms with Crippen LogP contribution in [0.25, 0.3) is 0 Å². The smallest absolute Gasteiger partial charge is 0.387 e. The Bertz CT molecular complexity index is 397. The molecule has 1 aromatic rings. The number of benzene rings is 1. The topological polar surface area (TPSA) is 41.6 Å². The molecule has 1 amide bonds. The third-order valence-corrected chi connectivity index (χ3v) is 2.28. The molecule has 0 bridgehead atoms. The van der Waals surface area contributed by atoms with Gasteiger partial charge in [0, 0.05) is 26.2 Å². The number of hydrogen-bond donors (Lipinski definition) is 1. The number of carbonyl (C=O) groups excluding carboxylic acids is 1. The van der Waals surface area contributed by atoms with E-state index in [2.05, 4.69) is 10.1 Å². The van der Waals surface area contributed by atoms with Crippen LogP contribution in [-0.4, -0.2) is 38.1 Å². The van der Waals surface area contributed by atoms with Gasteiger partial charge in [0.1, 0.15) is 5.75 Å². The number of rotatable bonds is 6. The van der Waals surface area contributed by atoms with Gasteiger partial charge in [0.05, 0.1) is 6.54 Å². The molecule has 0 aliphatic heterocycles. The zero-order valence-electron chi connectivity index (χ0n) is 10.3. The van der Waals surface area contributed by atoms with Crippen molar-refractivity contribution in [2.45, 2.75) is 13.2 Å². The molecule has 0 heterocycles. The van der Waals surface area contributed by atoms with Gasteiger partial charge in [0.15, 0.2) is 0 Å². The quantitative estimate of drug-likeness (QED) is 0.840. The Hall–Kier alpha value is -1.69. The molecular weight excluding hydrogens is 242 g/mol. The van der Waals surface area contributed by atoms with Crippen LogP contribution < -0.4 is 10.1 Å². The lowest BCUT2D eigenvalue weighted by Crippen LogP contribution is -2.32. The van der Waals surface area contributed by atoms with E-state index in [0.29, 0.717) is 12.1 Å². The minimum absolute atomic E-state index is 0.0812. The van der Waals surface area contributed by atoms with Gasteiger partial charge in [-0.25, -0.2) is 0 Å². The van der Waals surface area contributed by atoms with Crippen molar-refractivity contribution in [1.82, 2.24) is 10.2 Å². The fourth-order valence-electron chi connectivity index (χ4n) is 1.32. The fraction of sp³-hybridized carbons (Fsp3) is 0.417. The molecule has 0 aliphatic rings. The van der Waals surface area contributed by atoms with E-state index in [-0.39, 0.29) is 18.2 Å². The van der Waals surface area contributed by atoms with Crippen LogP contribution in [0.2, 0.25) is 0 Å². The molecule has 1 rings (SSSR count). The highest BCUT2D eigenvalue weighted by atomic mass is 19.3. The van der Waals surface area contributed by atoms with Crippen LogP contribution in [0.3, 0.4) is 0 Å². The molecule has 100 valence electrons. The van der Waals surface area contributed by atoms with E-state index in [0.717, 1.165) is 0 Å². The lowest BCUT2D eigenvalue weighted by Gasteiger charge is -2.13. The van der Waals surface area contributed by atoms with Gasteiger partial charge in [0.25, 0.3) is 0 Å². The molecule has 0 radical (unpaired) electrons. The second-order valence-electron chi connectivity index (χ2n) is 3.88. The van der Waals surface area contributed by atoms with Crippen molar-refractivity contribution in [3.63, 3.8) is 0 Å². The number of nitrogens with one attached hydrogen (secondary N) is 1. The molecule has 1 aromatic carbocycles. The van der Waals surface area contributed by atoms with E-state index in [4.69, 9.17) is 0 Å². The average molecular weight is 258 g/mol. The maximum atomic E-state index is 12.2. The van der Waals surface area contributed by atoms with Gasteiger partial charge in [-0.2, -0.15) is 8.78 Å². The van der Waals surface area contributed by atoms with Crippen LogP contribution in [0.4, 0.5) is 8.78 Å². The zero-order valence-corrected chi connectivity index (χ0v) is 10.3. The fourth-order valence-corrected chi connectivity index (χ4v) is 1.32. The van der Waals surface area contributed by atoms with Gasteiger partial charge in [-0.3, -0.25) is 4.79 Å². The lowest BCUT2D eigenvalue weighted by molar-refractivity contribution is -0.127. The molecule has 1 N–H and O–H groups in total. The highest BCUT2D eigenvalue weighted by Crippen LogP contribution is 2.19. The summed E-state index contributed by atoms with van der Waals surface area (Å²) < 4.78 is 28.7. The predicted octanol–water partition coefficient (Wildman–Crippen LogP) is 1.47. The molecule has 0 aliphatic carbocycles. The predicted molar refractivity (Wildman–Crippen MR) is 63.5 cm³/mol. The number of carbonyl (C=O) groups is 1. The minimum atomic E-state index is -2.85. The second-order valence-corrected chi connectivity index (χ2v) is 3.88. The standard InChI is InChI=1S/C12H16F2N2O2/c1-16(2)11(17)8-15-7-9-5-3-4-6-10(9)18-12(13)14/h3-6,12,15H,7-8H2,1-2H3. The number of halogens is 2. The highest BCUT2D eigenvalue weighted by Gasteiger charge is 2.09. The summed E-state index contributed by atoms with van der Waals surface area (Å²) in [5, 5.41) is 2.88. The van der Waals surface area contributed by atoms with Gasteiger partial charge in [-0.1, -0.05) is 18.2 Å². The molecule has 0 aromatic heterocycles. The van der Waals surface area contributed by atoms with Crippen LogP contribution in [0.15, 0.2) is 24.3 Å². The lowest BCUT2D eigenvalue weighted by atomic mass is 10.2. The zero-order chi connectivity index (χ0) is 13.5. The van der Waals surface area contributed by atoms with Crippen molar-refractivity contribution < 1.29 is 18.3 Å². The Morgan fingerprint density at radius 3 is 2.67 bits per heavy atom. The van der Waals surface area contributed by atoms with Crippen molar-refractivity contribution in [3.8, 4) is 5.75 Å². The number of likely N-dealkylation sites (N-methyl/N-ethyl adjacent to an activating group) is 1. The van der Waals surface area contributed by atoms with Gasteiger partial charge in [-0.15, -0.1) is 0 Å². The van der Waals surface area contributed by atoms with Crippen LogP contribution in [-0.2, 0) is 11.3 Å². The van der Waals surface area contributed by atoms with E-state index in [1.165, 1.54) is 11.0 Å². The molecule has 6 heteroatoms. The van der Waals surface area contributed by atoms with Gasteiger partial charge >= 0.3 is 6.61 Å². The summed E-state index contributed by atoms with van der Waals surface area (Å²) in [6.45, 7) is -2.41. The SMILES string of the molecule is CN(C)C(=O)CNCc1ccccc1OC(F)F. The first-order chi connectivity index (χ1) is 8.50. The summed E-state index contributed by atoms with van der Waals surface area (Å²) in [6, 6.07) is 6.48. The summed E-state index contributed by atoms with van der Waals surface area (Å²) in [7, 11) is 3.30. The molecule has 0 spiro atoms. The normalized spacial score (nSPS) is 10.5. The van der Waals surface area contributed by atoms with Gasteiger partial charge < -0.3 is 15.0 Å². The largest absolute Gasteiger partial charge is 0.434 e. The van der Waals surface area contributed by atoms with Gasteiger partial charge in [-0.05, 0) is 6.07 Å². The van der Waals surface area contributed by atoms with Crippen LogP contribution in [0.5, 0.6) is 5.75 Å². The summed E-state index contributed by atoms with van der Waals surface area (Å²) in [6.07, 6.45) is 0. The molecule has 0 fully saturated rings. The Morgan fingerprint density at radius 1 is 1.39 bits per heavy atom. The molecule has 18 heavy (non-hydrogen) atoms. The summed E-state index contributed by atoms with van der Waals surface area (Å²) in [5.74, 6) is 0.0413. The van der Waals surface area contributed by atoms with Crippen molar-refractivity contribution in [2.75, 3.05) is 20.6 Å². The first kappa shape index (κ1) is 14.4. The molecule has 0 saturated heterocycles. The highest BCUT2D eigenvalue weighted by molar-refractivity contribution is 5.77.